The van der Waals surface area contributed by atoms with E-state index in [0.29, 0.717) is 26.0 Å². The highest BCUT2D eigenvalue weighted by Gasteiger charge is 2.09. The standard InChI is InChI=1S/C19H38N4O3.HI/c1-5-20-19(22-16-14-17(24)23(6-2)7-3)21-15-12-10-9-11-13-18(25)26-8-4;/h5-16H2,1-4H3,(H2,20,21,22);1H. The fourth-order valence-electron chi connectivity index (χ4n) is 2.52. The first kappa shape index (κ1) is 28.2. The van der Waals surface area contributed by atoms with Crippen LogP contribution in [0.15, 0.2) is 4.99 Å². The molecule has 0 saturated carbocycles. The van der Waals surface area contributed by atoms with Gasteiger partial charge < -0.3 is 20.3 Å². The molecule has 160 valence electrons. The Morgan fingerprint density at radius 3 is 2.19 bits per heavy atom. The molecule has 0 bridgehead atoms. The lowest BCUT2D eigenvalue weighted by Crippen LogP contribution is -2.40. The van der Waals surface area contributed by atoms with Crippen LogP contribution in [-0.2, 0) is 14.3 Å². The number of aliphatic imine (C=N–C) groups is 1. The molecule has 0 unspecified atom stereocenters. The van der Waals surface area contributed by atoms with Gasteiger partial charge in [-0.15, -0.1) is 24.0 Å². The Hall–Kier alpha value is -1.06. The molecule has 0 heterocycles. The van der Waals surface area contributed by atoms with Gasteiger partial charge in [-0.25, -0.2) is 0 Å². The number of unbranched alkanes of at least 4 members (excludes halogenated alkanes) is 3. The van der Waals surface area contributed by atoms with E-state index < -0.39 is 0 Å². The van der Waals surface area contributed by atoms with Gasteiger partial charge in [0.05, 0.1) is 6.61 Å². The fourth-order valence-corrected chi connectivity index (χ4v) is 2.52. The Morgan fingerprint density at radius 1 is 0.926 bits per heavy atom. The highest BCUT2D eigenvalue weighted by Crippen LogP contribution is 2.04. The number of carbonyl (C=O) groups is 2. The first-order chi connectivity index (χ1) is 12.6. The Labute approximate surface area is 182 Å². The zero-order valence-corrected chi connectivity index (χ0v) is 19.8. The summed E-state index contributed by atoms with van der Waals surface area (Å²) >= 11 is 0. The lowest BCUT2D eigenvalue weighted by Gasteiger charge is -2.19. The van der Waals surface area contributed by atoms with E-state index in [9.17, 15) is 9.59 Å². The molecule has 0 aromatic rings. The van der Waals surface area contributed by atoms with Crippen LogP contribution in [0.4, 0.5) is 0 Å². The number of ether oxygens (including phenoxy) is 1. The summed E-state index contributed by atoms with van der Waals surface area (Å²) in [6.07, 6.45) is 4.88. The Morgan fingerprint density at radius 2 is 1.59 bits per heavy atom. The van der Waals surface area contributed by atoms with Crippen molar-refractivity contribution in [3.8, 4) is 0 Å². The molecule has 1 amide bonds. The van der Waals surface area contributed by atoms with Crippen LogP contribution in [0.3, 0.4) is 0 Å². The second-order valence-corrected chi connectivity index (χ2v) is 5.97. The second kappa shape index (κ2) is 19.7. The number of carbonyl (C=O) groups excluding carboxylic acids is 2. The summed E-state index contributed by atoms with van der Waals surface area (Å²) in [5, 5.41) is 6.41. The van der Waals surface area contributed by atoms with E-state index in [1.807, 2.05) is 32.6 Å². The maximum absolute atomic E-state index is 12.0. The second-order valence-electron chi connectivity index (χ2n) is 5.97. The van der Waals surface area contributed by atoms with Gasteiger partial charge in [0.2, 0.25) is 5.91 Å². The molecule has 0 aromatic carbocycles. The molecule has 0 atom stereocenters. The molecule has 0 spiro atoms. The average Bonchev–Trinajstić information content (AvgIpc) is 2.62. The molecule has 0 radical (unpaired) electrons. The Bertz CT molecular complexity index is 416. The SMILES string of the molecule is CCNC(=NCCCCCCC(=O)OCC)NCCC(=O)N(CC)CC.I. The first-order valence-corrected chi connectivity index (χ1v) is 10.0. The molecule has 0 aliphatic heterocycles. The van der Waals surface area contributed by atoms with Gasteiger partial charge in [0.1, 0.15) is 0 Å². The molecular formula is C19H39IN4O3. The topological polar surface area (TPSA) is 83.0 Å². The van der Waals surface area contributed by atoms with Crippen LogP contribution in [-0.4, -0.2) is 62.1 Å². The van der Waals surface area contributed by atoms with Crippen LogP contribution < -0.4 is 10.6 Å². The molecule has 2 N–H and O–H groups in total. The van der Waals surface area contributed by atoms with Crippen LogP contribution in [0.2, 0.25) is 0 Å². The molecular weight excluding hydrogens is 459 g/mol. The van der Waals surface area contributed by atoms with Crippen molar-refractivity contribution in [3.63, 3.8) is 0 Å². The number of guanidine groups is 1. The van der Waals surface area contributed by atoms with Crippen LogP contribution in [0.5, 0.6) is 0 Å². The van der Waals surface area contributed by atoms with E-state index in [4.69, 9.17) is 4.74 Å². The number of amides is 1. The first-order valence-electron chi connectivity index (χ1n) is 10.0. The smallest absolute Gasteiger partial charge is 0.305 e. The van der Waals surface area contributed by atoms with Crippen LogP contribution in [0.1, 0.15) is 66.2 Å². The van der Waals surface area contributed by atoms with Gasteiger partial charge in [0.15, 0.2) is 5.96 Å². The van der Waals surface area contributed by atoms with Gasteiger partial charge >= 0.3 is 5.97 Å². The normalized spacial score (nSPS) is 10.7. The van der Waals surface area contributed by atoms with Crippen molar-refractivity contribution in [3.05, 3.63) is 0 Å². The van der Waals surface area contributed by atoms with Gasteiger partial charge in [-0.2, -0.15) is 0 Å². The summed E-state index contributed by atoms with van der Waals surface area (Å²) in [6, 6.07) is 0. The third-order valence-electron chi connectivity index (χ3n) is 3.96. The Kier molecular flexibility index (Phi) is 20.5. The van der Waals surface area contributed by atoms with E-state index in [2.05, 4.69) is 15.6 Å². The lowest BCUT2D eigenvalue weighted by atomic mass is 10.1. The zero-order valence-electron chi connectivity index (χ0n) is 17.5. The highest BCUT2D eigenvalue weighted by molar-refractivity contribution is 14.0. The summed E-state index contributed by atoms with van der Waals surface area (Å²) in [4.78, 5) is 29.6. The van der Waals surface area contributed by atoms with Crippen molar-refractivity contribution in [2.45, 2.75) is 66.2 Å². The molecule has 0 aromatic heterocycles. The average molecular weight is 498 g/mol. The maximum Gasteiger partial charge on any atom is 0.305 e. The van der Waals surface area contributed by atoms with Crippen LogP contribution in [0, 0.1) is 0 Å². The highest BCUT2D eigenvalue weighted by atomic mass is 127. The third-order valence-corrected chi connectivity index (χ3v) is 3.96. The van der Waals surface area contributed by atoms with E-state index >= 15 is 0 Å². The fraction of sp³-hybridized carbons (Fsp3) is 0.842. The quantitative estimate of drug-likeness (QED) is 0.127. The zero-order chi connectivity index (χ0) is 19.6. The number of halogens is 1. The van der Waals surface area contributed by atoms with Gasteiger partial charge in [-0.1, -0.05) is 12.8 Å². The van der Waals surface area contributed by atoms with Gasteiger partial charge in [0.25, 0.3) is 0 Å². The van der Waals surface area contributed by atoms with Crippen molar-refractivity contribution < 1.29 is 14.3 Å². The molecule has 0 saturated heterocycles. The molecule has 0 aliphatic carbocycles. The number of esters is 1. The van der Waals surface area contributed by atoms with Crippen molar-refractivity contribution >= 4 is 41.8 Å². The van der Waals surface area contributed by atoms with Crippen LogP contribution >= 0.6 is 24.0 Å². The third kappa shape index (κ3) is 15.7. The Balaban J connectivity index is 0. The minimum Gasteiger partial charge on any atom is -0.466 e. The van der Waals surface area contributed by atoms with Crippen LogP contribution in [0.25, 0.3) is 0 Å². The van der Waals surface area contributed by atoms with Gasteiger partial charge in [-0.05, 0) is 40.5 Å². The minimum atomic E-state index is -0.108. The monoisotopic (exact) mass is 498 g/mol. The molecule has 8 heteroatoms. The number of hydrogen-bond donors (Lipinski definition) is 2. The lowest BCUT2D eigenvalue weighted by molar-refractivity contribution is -0.143. The summed E-state index contributed by atoms with van der Waals surface area (Å²) in [5.41, 5.74) is 0. The maximum atomic E-state index is 12.0. The molecule has 0 aliphatic rings. The predicted molar refractivity (Wildman–Crippen MR) is 122 cm³/mol. The molecule has 0 rings (SSSR count). The van der Waals surface area contributed by atoms with Crippen molar-refractivity contribution in [1.82, 2.24) is 15.5 Å². The molecule has 27 heavy (non-hydrogen) atoms. The largest absolute Gasteiger partial charge is 0.466 e. The van der Waals surface area contributed by atoms with Gasteiger partial charge in [0, 0.05) is 45.6 Å². The number of nitrogens with zero attached hydrogens (tertiary/aromatic N) is 2. The van der Waals surface area contributed by atoms with E-state index in [0.717, 1.165) is 57.8 Å². The number of nitrogens with one attached hydrogen (secondary N) is 2. The van der Waals surface area contributed by atoms with E-state index in [1.165, 1.54) is 0 Å². The van der Waals surface area contributed by atoms with Crippen molar-refractivity contribution in [1.29, 1.82) is 0 Å². The molecule has 0 fully saturated rings. The molecule has 7 nitrogen and oxygen atoms in total. The van der Waals surface area contributed by atoms with E-state index in [-0.39, 0.29) is 35.9 Å². The summed E-state index contributed by atoms with van der Waals surface area (Å²) < 4.78 is 4.91. The number of hydrogen-bond acceptors (Lipinski definition) is 4. The number of rotatable bonds is 14. The predicted octanol–water partition coefficient (Wildman–Crippen LogP) is 2.93. The minimum absolute atomic E-state index is 0. The van der Waals surface area contributed by atoms with Crippen molar-refractivity contribution in [2.75, 3.05) is 39.3 Å². The summed E-state index contributed by atoms with van der Waals surface area (Å²) in [5.74, 6) is 0.815. The summed E-state index contributed by atoms with van der Waals surface area (Å²) in [7, 11) is 0. The van der Waals surface area contributed by atoms with Crippen molar-refractivity contribution in [2.24, 2.45) is 4.99 Å². The van der Waals surface area contributed by atoms with Gasteiger partial charge in [-0.3, -0.25) is 14.6 Å². The summed E-state index contributed by atoms with van der Waals surface area (Å²) in [6.45, 7) is 11.9. The van der Waals surface area contributed by atoms with E-state index in [1.54, 1.807) is 0 Å².